The summed E-state index contributed by atoms with van der Waals surface area (Å²) in [5.41, 5.74) is 0.966. The Kier molecular flexibility index (Phi) is 5.91. The molecule has 1 aliphatic heterocycles. The summed E-state index contributed by atoms with van der Waals surface area (Å²) in [5.74, 6) is -0.665. The molecule has 2 aromatic rings. The van der Waals surface area contributed by atoms with Crippen LogP contribution in [0, 0.1) is 5.82 Å². The second-order valence-corrected chi connectivity index (χ2v) is 6.14. The lowest BCUT2D eigenvalue weighted by molar-refractivity contribution is 0.0637. The van der Waals surface area contributed by atoms with Gasteiger partial charge in [0, 0.05) is 62.8 Å². The first-order valence-corrected chi connectivity index (χ1v) is 8.59. The van der Waals surface area contributed by atoms with E-state index in [1.165, 1.54) is 12.1 Å². The van der Waals surface area contributed by atoms with Crippen molar-refractivity contribution in [2.24, 2.45) is 0 Å². The molecule has 136 valence electrons. The number of carbonyl (C=O) groups is 2. The fourth-order valence-electron chi connectivity index (χ4n) is 2.91. The van der Waals surface area contributed by atoms with E-state index in [2.05, 4.69) is 15.2 Å². The van der Waals surface area contributed by atoms with Gasteiger partial charge in [0.25, 0.3) is 11.8 Å². The average Bonchev–Trinajstić information content (AvgIpc) is 2.68. The van der Waals surface area contributed by atoms with Crippen LogP contribution in [0.4, 0.5) is 4.39 Å². The normalized spacial score (nSPS) is 14.9. The summed E-state index contributed by atoms with van der Waals surface area (Å²) in [6.07, 6.45) is 3.17. The molecule has 0 saturated carbocycles. The highest BCUT2D eigenvalue weighted by atomic mass is 19.1. The predicted octanol–water partition coefficient (Wildman–Crippen LogP) is 1.41. The topological polar surface area (TPSA) is 65.5 Å². The summed E-state index contributed by atoms with van der Waals surface area (Å²) in [5, 5.41) is 2.88. The Hall–Kier alpha value is -2.80. The quantitative estimate of drug-likeness (QED) is 0.880. The van der Waals surface area contributed by atoms with Gasteiger partial charge >= 0.3 is 0 Å². The number of carbonyl (C=O) groups excluding carboxylic acids is 2. The van der Waals surface area contributed by atoms with E-state index in [1.807, 2.05) is 0 Å². The Bertz CT molecular complexity index is 761. The van der Waals surface area contributed by atoms with Crippen molar-refractivity contribution in [1.29, 1.82) is 0 Å². The maximum absolute atomic E-state index is 13.3. The maximum Gasteiger partial charge on any atom is 0.254 e. The van der Waals surface area contributed by atoms with Gasteiger partial charge in [-0.2, -0.15) is 0 Å². The lowest BCUT2D eigenvalue weighted by Gasteiger charge is -2.34. The van der Waals surface area contributed by atoms with Crippen LogP contribution < -0.4 is 5.32 Å². The summed E-state index contributed by atoms with van der Waals surface area (Å²) in [7, 11) is 0. The smallest absolute Gasteiger partial charge is 0.254 e. The number of piperazine rings is 1. The Morgan fingerprint density at radius 3 is 2.46 bits per heavy atom. The number of benzene rings is 1. The molecule has 1 aliphatic rings. The first kappa shape index (κ1) is 18.0. The predicted molar refractivity (Wildman–Crippen MR) is 95.3 cm³/mol. The van der Waals surface area contributed by atoms with Gasteiger partial charge in [-0.05, 0) is 30.3 Å². The zero-order valence-electron chi connectivity index (χ0n) is 14.4. The average molecular weight is 356 g/mol. The monoisotopic (exact) mass is 356 g/mol. The Labute approximate surface area is 151 Å². The first-order valence-electron chi connectivity index (χ1n) is 8.59. The van der Waals surface area contributed by atoms with Crippen LogP contribution in [0.2, 0.25) is 0 Å². The van der Waals surface area contributed by atoms with Gasteiger partial charge in [-0.25, -0.2) is 4.39 Å². The van der Waals surface area contributed by atoms with E-state index in [9.17, 15) is 14.0 Å². The molecule has 1 saturated heterocycles. The van der Waals surface area contributed by atoms with Gasteiger partial charge in [-0.3, -0.25) is 19.5 Å². The minimum absolute atomic E-state index is 0.118. The van der Waals surface area contributed by atoms with Crippen LogP contribution in [0.5, 0.6) is 0 Å². The van der Waals surface area contributed by atoms with Crippen LogP contribution >= 0.6 is 0 Å². The molecular weight excluding hydrogens is 335 g/mol. The van der Waals surface area contributed by atoms with Crippen LogP contribution in [0.3, 0.4) is 0 Å². The molecule has 0 spiro atoms. The maximum atomic E-state index is 13.3. The van der Waals surface area contributed by atoms with Crippen molar-refractivity contribution in [3.63, 3.8) is 0 Å². The van der Waals surface area contributed by atoms with Gasteiger partial charge in [0.05, 0.1) is 0 Å². The summed E-state index contributed by atoms with van der Waals surface area (Å²) in [6, 6.07) is 9.12. The molecule has 0 unspecified atom stereocenters. The molecule has 7 heteroatoms. The van der Waals surface area contributed by atoms with Gasteiger partial charge in [-0.1, -0.05) is 6.07 Å². The SMILES string of the molecule is O=C(NCCN1CCN(C(=O)c2cccc(F)c2)CC1)c1ccncc1. The molecule has 1 aromatic heterocycles. The summed E-state index contributed by atoms with van der Waals surface area (Å²) >= 11 is 0. The zero-order chi connectivity index (χ0) is 18.4. The fourth-order valence-corrected chi connectivity index (χ4v) is 2.91. The lowest BCUT2D eigenvalue weighted by atomic mass is 10.1. The number of nitrogens with one attached hydrogen (secondary N) is 1. The minimum atomic E-state index is -0.403. The van der Waals surface area contributed by atoms with Gasteiger partial charge in [-0.15, -0.1) is 0 Å². The molecule has 1 fully saturated rings. The van der Waals surface area contributed by atoms with E-state index < -0.39 is 5.82 Å². The van der Waals surface area contributed by atoms with Gasteiger partial charge in [0.15, 0.2) is 0 Å². The molecule has 0 bridgehead atoms. The molecule has 1 N–H and O–H groups in total. The minimum Gasteiger partial charge on any atom is -0.351 e. The summed E-state index contributed by atoms with van der Waals surface area (Å²) < 4.78 is 13.3. The van der Waals surface area contributed by atoms with Crippen LogP contribution in [0.25, 0.3) is 0 Å². The van der Waals surface area contributed by atoms with Crippen LogP contribution in [-0.4, -0.2) is 65.9 Å². The number of hydrogen-bond acceptors (Lipinski definition) is 4. The molecule has 0 radical (unpaired) electrons. The zero-order valence-corrected chi connectivity index (χ0v) is 14.4. The third-order valence-corrected chi connectivity index (χ3v) is 4.39. The Morgan fingerprint density at radius 1 is 1.04 bits per heavy atom. The second-order valence-electron chi connectivity index (χ2n) is 6.14. The molecule has 6 nitrogen and oxygen atoms in total. The first-order chi connectivity index (χ1) is 12.6. The van der Waals surface area contributed by atoms with E-state index in [0.29, 0.717) is 30.8 Å². The van der Waals surface area contributed by atoms with E-state index in [4.69, 9.17) is 0 Å². The van der Waals surface area contributed by atoms with E-state index >= 15 is 0 Å². The Morgan fingerprint density at radius 2 is 1.77 bits per heavy atom. The number of halogens is 1. The van der Waals surface area contributed by atoms with Crippen LogP contribution in [0.15, 0.2) is 48.8 Å². The third-order valence-electron chi connectivity index (χ3n) is 4.39. The highest BCUT2D eigenvalue weighted by molar-refractivity contribution is 5.94. The molecule has 0 aliphatic carbocycles. The van der Waals surface area contributed by atoms with Crippen LogP contribution in [0.1, 0.15) is 20.7 Å². The standard InChI is InChI=1S/C19H21FN4O2/c20-17-3-1-2-16(14-17)19(26)24-12-10-23(11-13-24)9-8-22-18(25)15-4-6-21-7-5-15/h1-7,14H,8-13H2,(H,22,25). The summed E-state index contributed by atoms with van der Waals surface area (Å²) in [4.78, 5) is 32.2. The van der Waals surface area contributed by atoms with E-state index in [1.54, 1.807) is 41.6 Å². The molecule has 1 aromatic carbocycles. The lowest BCUT2D eigenvalue weighted by Crippen LogP contribution is -2.50. The number of nitrogens with zero attached hydrogens (tertiary/aromatic N) is 3. The number of hydrogen-bond donors (Lipinski definition) is 1. The van der Waals surface area contributed by atoms with Gasteiger partial charge in [0.2, 0.25) is 0 Å². The summed E-state index contributed by atoms with van der Waals surface area (Å²) in [6.45, 7) is 3.90. The highest BCUT2D eigenvalue weighted by Gasteiger charge is 2.22. The van der Waals surface area contributed by atoms with Crippen molar-refractivity contribution >= 4 is 11.8 Å². The molecular formula is C19H21FN4O2. The van der Waals surface area contributed by atoms with Gasteiger partial charge in [0.1, 0.15) is 5.82 Å². The van der Waals surface area contributed by atoms with Gasteiger partial charge < -0.3 is 10.2 Å². The largest absolute Gasteiger partial charge is 0.351 e. The molecule has 2 amide bonds. The van der Waals surface area contributed by atoms with Crippen molar-refractivity contribution in [3.8, 4) is 0 Å². The van der Waals surface area contributed by atoms with Crippen molar-refractivity contribution < 1.29 is 14.0 Å². The second kappa shape index (κ2) is 8.53. The van der Waals surface area contributed by atoms with Crippen molar-refractivity contribution in [1.82, 2.24) is 20.1 Å². The van der Waals surface area contributed by atoms with Crippen molar-refractivity contribution in [2.75, 3.05) is 39.3 Å². The van der Waals surface area contributed by atoms with Crippen molar-refractivity contribution in [2.45, 2.75) is 0 Å². The number of aromatic nitrogens is 1. The highest BCUT2D eigenvalue weighted by Crippen LogP contribution is 2.10. The van der Waals surface area contributed by atoms with E-state index in [-0.39, 0.29) is 11.8 Å². The number of pyridine rings is 1. The number of amides is 2. The molecule has 3 rings (SSSR count). The van der Waals surface area contributed by atoms with Crippen molar-refractivity contribution in [3.05, 3.63) is 65.7 Å². The third kappa shape index (κ3) is 4.64. The Balaban J connectivity index is 1.41. The molecule has 0 atom stereocenters. The number of rotatable bonds is 5. The van der Waals surface area contributed by atoms with Crippen LogP contribution in [-0.2, 0) is 0 Å². The molecule has 2 heterocycles. The fraction of sp³-hybridized carbons (Fsp3) is 0.316. The van der Waals surface area contributed by atoms with E-state index in [0.717, 1.165) is 19.6 Å². The molecule has 26 heavy (non-hydrogen) atoms.